The highest BCUT2D eigenvalue weighted by Crippen LogP contribution is 2.27. The minimum Gasteiger partial charge on any atom is -0.491 e. The second kappa shape index (κ2) is 8.34. The molecule has 0 amide bonds. The summed E-state index contributed by atoms with van der Waals surface area (Å²) in [5.41, 5.74) is 3.19. The van der Waals surface area contributed by atoms with Crippen LogP contribution in [-0.2, 0) is 16.0 Å². The lowest BCUT2D eigenvalue weighted by molar-refractivity contribution is -0.107. The Hall–Kier alpha value is -2.33. The van der Waals surface area contributed by atoms with Gasteiger partial charge in [-0.25, -0.2) is 0 Å². The van der Waals surface area contributed by atoms with E-state index < -0.39 is 0 Å². The Morgan fingerprint density at radius 2 is 1.52 bits per heavy atom. The van der Waals surface area contributed by atoms with E-state index >= 15 is 0 Å². The zero-order valence-corrected chi connectivity index (χ0v) is 13.8. The van der Waals surface area contributed by atoms with Crippen molar-refractivity contribution < 1.29 is 19.0 Å². The molecular formula is C19H22O4. The predicted octanol–water partition coefficient (Wildman–Crippen LogP) is 3.86. The van der Waals surface area contributed by atoms with Crippen LogP contribution in [0.15, 0.2) is 36.4 Å². The molecule has 0 N–H and O–H groups in total. The second-order valence-corrected chi connectivity index (χ2v) is 5.32. The fourth-order valence-corrected chi connectivity index (χ4v) is 2.40. The third-order valence-corrected chi connectivity index (χ3v) is 3.57. The Kier molecular flexibility index (Phi) is 6.18. The smallest absolute Gasteiger partial charge is 0.127 e. The van der Waals surface area contributed by atoms with Gasteiger partial charge < -0.3 is 19.0 Å². The van der Waals surface area contributed by atoms with Gasteiger partial charge in [0, 0.05) is 13.5 Å². The maximum Gasteiger partial charge on any atom is 0.127 e. The largest absolute Gasteiger partial charge is 0.491 e. The number of hydrogen-bond donors (Lipinski definition) is 0. The highest BCUT2D eigenvalue weighted by molar-refractivity contribution is 5.58. The van der Waals surface area contributed by atoms with Crippen molar-refractivity contribution in [2.45, 2.75) is 20.3 Å². The van der Waals surface area contributed by atoms with Crippen molar-refractivity contribution in [3.63, 3.8) is 0 Å². The molecule has 0 saturated carbocycles. The number of methoxy groups -OCH3 is 1. The van der Waals surface area contributed by atoms with E-state index in [4.69, 9.17) is 14.2 Å². The number of aldehydes is 1. The lowest BCUT2D eigenvalue weighted by Gasteiger charge is -2.12. The topological polar surface area (TPSA) is 44.8 Å². The molecule has 0 aliphatic carbocycles. The van der Waals surface area contributed by atoms with E-state index in [1.165, 1.54) is 0 Å². The number of carbonyl (C=O) groups excluding carboxylic acids is 1. The van der Waals surface area contributed by atoms with Crippen molar-refractivity contribution >= 4 is 6.29 Å². The summed E-state index contributed by atoms with van der Waals surface area (Å²) in [6.07, 6.45) is 1.36. The number of ether oxygens (including phenoxy) is 3. The molecule has 0 spiro atoms. The third kappa shape index (κ3) is 4.83. The molecule has 0 aromatic heterocycles. The summed E-state index contributed by atoms with van der Waals surface area (Å²) in [4.78, 5) is 10.7. The molecule has 0 atom stereocenters. The van der Waals surface area contributed by atoms with E-state index in [-0.39, 0.29) is 0 Å². The molecule has 2 aromatic carbocycles. The van der Waals surface area contributed by atoms with Crippen molar-refractivity contribution in [2.75, 3.05) is 20.3 Å². The summed E-state index contributed by atoms with van der Waals surface area (Å²) in [6.45, 7) is 5.06. The maximum atomic E-state index is 10.7. The van der Waals surface area contributed by atoms with Gasteiger partial charge in [-0.3, -0.25) is 0 Å². The first kappa shape index (κ1) is 17.0. The molecule has 23 heavy (non-hydrogen) atoms. The molecule has 0 aliphatic rings. The van der Waals surface area contributed by atoms with Gasteiger partial charge in [0.2, 0.25) is 0 Å². The van der Waals surface area contributed by atoms with Gasteiger partial charge in [-0.05, 0) is 66.9 Å². The van der Waals surface area contributed by atoms with Crippen molar-refractivity contribution in [1.82, 2.24) is 0 Å². The van der Waals surface area contributed by atoms with E-state index in [1.807, 2.05) is 50.2 Å². The molecule has 0 radical (unpaired) electrons. The standard InChI is InChI=1S/C19H22O4/c1-14-12-18(13-15(2)19(14)8-9-20)23-17-6-4-16(5-7-17)22-11-10-21-3/h4-7,9,12-13H,8,10-11H2,1-3H3. The monoisotopic (exact) mass is 314 g/mol. The Morgan fingerprint density at radius 1 is 0.913 bits per heavy atom. The molecule has 2 aromatic rings. The average molecular weight is 314 g/mol. The molecule has 122 valence electrons. The molecule has 4 nitrogen and oxygen atoms in total. The van der Waals surface area contributed by atoms with Crippen molar-refractivity contribution in [1.29, 1.82) is 0 Å². The van der Waals surface area contributed by atoms with Gasteiger partial charge in [0.05, 0.1) is 6.61 Å². The Morgan fingerprint density at radius 3 is 2.09 bits per heavy atom. The van der Waals surface area contributed by atoms with Crippen LogP contribution in [0.25, 0.3) is 0 Å². The first-order valence-electron chi connectivity index (χ1n) is 7.57. The van der Waals surface area contributed by atoms with Crippen molar-refractivity contribution in [3.8, 4) is 17.2 Å². The molecule has 4 heteroatoms. The van der Waals surface area contributed by atoms with Crippen LogP contribution in [-0.4, -0.2) is 26.6 Å². The Balaban J connectivity index is 2.05. The van der Waals surface area contributed by atoms with Crippen LogP contribution in [0, 0.1) is 13.8 Å². The van der Waals surface area contributed by atoms with Crippen LogP contribution in [0.3, 0.4) is 0 Å². The number of aryl methyl sites for hydroxylation is 2. The van der Waals surface area contributed by atoms with Gasteiger partial charge >= 0.3 is 0 Å². The highest BCUT2D eigenvalue weighted by atomic mass is 16.5. The SMILES string of the molecule is COCCOc1ccc(Oc2cc(C)c(CC=O)c(C)c2)cc1. The molecule has 0 heterocycles. The number of hydrogen-bond acceptors (Lipinski definition) is 4. The van der Waals surface area contributed by atoms with Gasteiger partial charge in [-0.2, -0.15) is 0 Å². The Bertz CT molecular complexity index is 624. The fraction of sp³-hybridized carbons (Fsp3) is 0.316. The van der Waals surface area contributed by atoms with Gasteiger partial charge in [0.25, 0.3) is 0 Å². The van der Waals surface area contributed by atoms with E-state index in [2.05, 4.69) is 0 Å². The van der Waals surface area contributed by atoms with Crippen LogP contribution < -0.4 is 9.47 Å². The molecular weight excluding hydrogens is 292 g/mol. The van der Waals surface area contributed by atoms with E-state index in [9.17, 15) is 4.79 Å². The van der Waals surface area contributed by atoms with Gasteiger partial charge in [-0.15, -0.1) is 0 Å². The number of benzene rings is 2. The molecule has 2 rings (SSSR count). The summed E-state index contributed by atoms with van der Waals surface area (Å²) >= 11 is 0. The van der Waals surface area contributed by atoms with Crippen LogP contribution >= 0.6 is 0 Å². The second-order valence-electron chi connectivity index (χ2n) is 5.32. The number of rotatable bonds is 8. The highest BCUT2D eigenvalue weighted by Gasteiger charge is 2.06. The van der Waals surface area contributed by atoms with Crippen molar-refractivity contribution in [2.24, 2.45) is 0 Å². The quantitative estimate of drug-likeness (QED) is 0.548. The zero-order chi connectivity index (χ0) is 16.7. The summed E-state index contributed by atoms with van der Waals surface area (Å²) in [5.74, 6) is 2.29. The lowest BCUT2D eigenvalue weighted by Crippen LogP contribution is -2.03. The molecule has 0 unspecified atom stereocenters. The first-order chi connectivity index (χ1) is 11.1. The van der Waals surface area contributed by atoms with Crippen LogP contribution in [0.5, 0.6) is 17.2 Å². The Labute approximate surface area is 137 Å². The zero-order valence-electron chi connectivity index (χ0n) is 13.8. The summed E-state index contributed by atoms with van der Waals surface area (Å²) in [6, 6.07) is 11.4. The number of carbonyl (C=O) groups is 1. The van der Waals surface area contributed by atoms with E-state index in [1.54, 1.807) is 7.11 Å². The van der Waals surface area contributed by atoms with Crippen LogP contribution in [0.4, 0.5) is 0 Å². The summed E-state index contributed by atoms with van der Waals surface area (Å²) in [7, 11) is 1.64. The molecule has 0 fully saturated rings. The first-order valence-corrected chi connectivity index (χ1v) is 7.57. The third-order valence-electron chi connectivity index (χ3n) is 3.57. The van der Waals surface area contributed by atoms with Crippen LogP contribution in [0.2, 0.25) is 0 Å². The fourth-order valence-electron chi connectivity index (χ4n) is 2.40. The normalized spacial score (nSPS) is 10.4. The molecule has 0 bridgehead atoms. The minimum absolute atomic E-state index is 0.436. The van der Waals surface area contributed by atoms with E-state index in [0.717, 1.165) is 40.2 Å². The summed E-state index contributed by atoms with van der Waals surface area (Å²) < 4.78 is 16.3. The maximum absolute atomic E-state index is 10.7. The molecule has 0 aliphatic heterocycles. The minimum atomic E-state index is 0.436. The predicted molar refractivity (Wildman–Crippen MR) is 89.6 cm³/mol. The molecule has 0 saturated heterocycles. The van der Waals surface area contributed by atoms with Crippen molar-refractivity contribution in [3.05, 3.63) is 53.1 Å². The van der Waals surface area contributed by atoms with Gasteiger partial charge in [0.1, 0.15) is 30.1 Å². The van der Waals surface area contributed by atoms with Gasteiger partial charge in [0.15, 0.2) is 0 Å². The summed E-state index contributed by atoms with van der Waals surface area (Å²) in [5, 5.41) is 0. The van der Waals surface area contributed by atoms with Crippen LogP contribution in [0.1, 0.15) is 16.7 Å². The van der Waals surface area contributed by atoms with Gasteiger partial charge in [-0.1, -0.05) is 0 Å². The average Bonchev–Trinajstić information content (AvgIpc) is 2.53. The van der Waals surface area contributed by atoms with E-state index in [0.29, 0.717) is 19.6 Å². The lowest BCUT2D eigenvalue weighted by atomic mass is 10.0.